The molecule has 1 fully saturated rings. The van der Waals surface area contributed by atoms with Crippen molar-refractivity contribution in [2.45, 2.75) is 25.4 Å². The van der Waals surface area contributed by atoms with Crippen molar-refractivity contribution < 1.29 is 9.72 Å². The van der Waals surface area contributed by atoms with Gasteiger partial charge in [0.1, 0.15) is 0 Å². The summed E-state index contributed by atoms with van der Waals surface area (Å²) in [6.45, 7) is 1.04. The monoisotopic (exact) mass is 249 g/mol. The zero-order chi connectivity index (χ0) is 13.0. The van der Waals surface area contributed by atoms with E-state index in [1.54, 1.807) is 18.2 Å². The van der Waals surface area contributed by atoms with Crippen molar-refractivity contribution in [1.29, 1.82) is 0 Å². The number of amides is 1. The van der Waals surface area contributed by atoms with Crippen LogP contribution in [0.2, 0.25) is 0 Å². The van der Waals surface area contributed by atoms with Crippen molar-refractivity contribution >= 4 is 11.6 Å². The highest BCUT2D eigenvalue weighted by atomic mass is 16.6. The van der Waals surface area contributed by atoms with E-state index in [0.717, 1.165) is 19.4 Å². The lowest BCUT2D eigenvalue weighted by Crippen LogP contribution is -2.40. The number of hydrogen-bond acceptors (Lipinski definition) is 4. The van der Waals surface area contributed by atoms with E-state index in [1.807, 2.05) is 0 Å². The molecule has 96 valence electrons. The molecule has 2 N–H and O–H groups in total. The third-order valence-electron chi connectivity index (χ3n) is 3.02. The number of nitrogens with one attached hydrogen (secondary N) is 2. The van der Waals surface area contributed by atoms with Crippen LogP contribution in [0, 0.1) is 10.1 Å². The van der Waals surface area contributed by atoms with Gasteiger partial charge in [0.2, 0.25) is 5.91 Å². The Hall–Kier alpha value is -1.95. The summed E-state index contributed by atoms with van der Waals surface area (Å²) in [5, 5.41) is 16.6. The summed E-state index contributed by atoms with van der Waals surface area (Å²) in [5.41, 5.74) is 0.561. The topological polar surface area (TPSA) is 84.3 Å². The molecule has 0 radical (unpaired) electrons. The largest absolute Gasteiger partial charge is 0.350 e. The minimum Gasteiger partial charge on any atom is -0.350 e. The normalized spacial score (nSPS) is 18.6. The third kappa shape index (κ3) is 2.84. The van der Waals surface area contributed by atoms with E-state index in [-0.39, 0.29) is 24.2 Å². The highest BCUT2D eigenvalue weighted by Crippen LogP contribution is 2.17. The number of hydrogen-bond donors (Lipinski definition) is 2. The van der Waals surface area contributed by atoms with Crippen molar-refractivity contribution in [3.63, 3.8) is 0 Å². The van der Waals surface area contributed by atoms with Crippen LogP contribution in [0.3, 0.4) is 0 Å². The second-order valence-electron chi connectivity index (χ2n) is 4.25. The molecule has 1 aromatic carbocycles. The summed E-state index contributed by atoms with van der Waals surface area (Å²) in [4.78, 5) is 22.1. The average Bonchev–Trinajstić information content (AvgIpc) is 2.90. The van der Waals surface area contributed by atoms with Crippen LogP contribution in [-0.4, -0.2) is 23.4 Å². The summed E-state index contributed by atoms with van der Waals surface area (Å²) in [7, 11) is 0. The summed E-state index contributed by atoms with van der Waals surface area (Å²) < 4.78 is 0. The summed E-state index contributed by atoms with van der Waals surface area (Å²) in [5.74, 6) is -0.0920. The maximum absolute atomic E-state index is 11.8. The molecule has 2 rings (SSSR count). The third-order valence-corrected chi connectivity index (χ3v) is 3.02. The second kappa shape index (κ2) is 5.59. The molecule has 6 heteroatoms. The zero-order valence-electron chi connectivity index (χ0n) is 9.89. The Morgan fingerprint density at radius 1 is 1.50 bits per heavy atom. The molecule has 1 saturated heterocycles. The molecular formula is C12H15N3O3. The first-order valence-corrected chi connectivity index (χ1v) is 5.92. The van der Waals surface area contributed by atoms with Crippen molar-refractivity contribution in [3.8, 4) is 0 Å². The summed E-state index contributed by atoms with van der Waals surface area (Å²) >= 11 is 0. The molecule has 0 spiro atoms. The van der Waals surface area contributed by atoms with Crippen molar-refractivity contribution in [2.75, 3.05) is 6.54 Å². The Morgan fingerprint density at radius 2 is 2.28 bits per heavy atom. The number of nitro benzene ring substituents is 1. The first kappa shape index (κ1) is 12.5. The second-order valence-corrected chi connectivity index (χ2v) is 4.25. The molecule has 1 atom stereocenters. The summed E-state index contributed by atoms with van der Waals surface area (Å²) in [6, 6.07) is 6.27. The first-order valence-electron chi connectivity index (χ1n) is 5.92. The minimum absolute atomic E-state index is 0.0391. The molecule has 6 nitrogen and oxygen atoms in total. The molecule has 0 aliphatic carbocycles. The number of nitro groups is 1. The van der Waals surface area contributed by atoms with Gasteiger partial charge in [-0.15, -0.1) is 0 Å². The predicted molar refractivity (Wildman–Crippen MR) is 66.0 cm³/mol. The average molecular weight is 249 g/mol. The van der Waals surface area contributed by atoms with Gasteiger partial charge in [0.15, 0.2) is 0 Å². The quantitative estimate of drug-likeness (QED) is 0.615. The molecule has 1 amide bonds. The number of carbonyl (C=O) groups excluding carboxylic acids is 1. The fraction of sp³-hybridized carbons (Fsp3) is 0.417. The van der Waals surface area contributed by atoms with Gasteiger partial charge in [-0.1, -0.05) is 18.2 Å². The van der Waals surface area contributed by atoms with Crippen LogP contribution in [-0.2, 0) is 11.3 Å². The molecule has 0 aromatic heterocycles. The van der Waals surface area contributed by atoms with E-state index >= 15 is 0 Å². The lowest BCUT2D eigenvalue weighted by Gasteiger charge is -2.11. The van der Waals surface area contributed by atoms with E-state index in [2.05, 4.69) is 10.6 Å². The number of para-hydroxylation sites is 1. The fourth-order valence-corrected chi connectivity index (χ4v) is 2.05. The van der Waals surface area contributed by atoms with Crippen LogP contribution in [0.4, 0.5) is 5.69 Å². The van der Waals surface area contributed by atoms with E-state index < -0.39 is 4.92 Å². The van der Waals surface area contributed by atoms with Crippen LogP contribution in [0.5, 0.6) is 0 Å². The Kier molecular flexibility index (Phi) is 3.88. The summed E-state index contributed by atoms with van der Waals surface area (Å²) in [6.07, 6.45) is 1.81. The predicted octanol–water partition coefficient (Wildman–Crippen LogP) is 0.963. The van der Waals surface area contributed by atoms with Gasteiger partial charge in [0.25, 0.3) is 5.69 Å². The van der Waals surface area contributed by atoms with Crippen LogP contribution in [0.15, 0.2) is 24.3 Å². The number of benzene rings is 1. The lowest BCUT2D eigenvalue weighted by molar-refractivity contribution is -0.385. The molecule has 1 aliphatic rings. The molecular weight excluding hydrogens is 234 g/mol. The van der Waals surface area contributed by atoms with E-state index in [1.165, 1.54) is 6.07 Å². The highest BCUT2D eigenvalue weighted by Gasteiger charge is 2.22. The van der Waals surface area contributed by atoms with Gasteiger partial charge < -0.3 is 10.6 Å². The number of carbonyl (C=O) groups is 1. The Labute approximate surface area is 105 Å². The molecule has 1 heterocycles. The number of nitrogens with zero attached hydrogens (tertiary/aromatic N) is 1. The Bertz CT molecular complexity index is 456. The first-order chi connectivity index (χ1) is 8.68. The highest BCUT2D eigenvalue weighted by molar-refractivity contribution is 5.82. The van der Waals surface area contributed by atoms with Crippen molar-refractivity contribution in [1.82, 2.24) is 10.6 Å². The van der Waals surface area contributed by atoms with E-state index in [9.17, 15) is 14.9 Å². The number of rotatable bonds is 4. The van der Waals surface area contributed by atoms with Crippen LogP contribution < -0.4 is 10.6 Å². The molecule has 0 saturated carbocycles. The maximum atomic E-state index is 11.8. The van der Waals surface area contributed by atoms with Crippen molar-refractivity contribution in [2.24, 2.45) is 0 Å². The lowest BCUT2D eigenvalue weighted by atomic mass is 10.1. The molecule has 1 aromatic rings. The van der Waals surface area contributed by atoms with Crippen LogP contribution in [0.25, 0.3) is 0 Å². The van der Waals surface area contributed by atoms with E-state index in [4.69, 9.17) is 0 Å². The Morgan fingerprint density at radius 3 is 2.94 bits per heavy atom. The van der Waals surface area contributed by atoms with E-state index in [0.29, 0.717) is 5.56 Å². The molecule has 18 heavy (non-hydrogen) atoms. The zero-order valence-corrected chi connectivity index (χ0v) is 9.89. The smallest absolute Gasteiger partial charge is 0.274 e. The van der Waals surface area contributed by atoms with Gasteiger partial charge in [-0.3, -0.25) is 14.9 Å². The fourth-order valence-electron chi connectivity index (χ4n) is 2.05. The van der Waals surface area contributed by atoms with Gasteiger partial charge in [-0.25, -0.2) is 0 Å². The molecule has 0 unspecified atom stereocenters. The van der Waals surface area contributed by atoms with Crippen LogP contribution in [0.1, 0.15) is 18.4 Å². The van der Waals surface area contributed by atoms with Gasteiger partial charge >= 0.3 is 0 Å². The molecule has 1 aliphatic heterocycles. The van der Waals surface area contributed by atoms with Gasteiger partial charge in [-0.2, -0.15) is 0 Å². The van der Waals surface area contributed by atoms with Crippen molar-refractivity contribution in [3.05, 3.63) is 39.9 Å². The minimum atomic E-state index is -0.435. The van der Waals surface area contributed by atoms with Gasteiger partial charge in [0, 0.05) is 18.2 Å². The Balaban J connectivity index is 1.97. The standard InChI is InChI=1S/C12H15N3O3/c16-12(10-5-3-7-13-10)14-8-9-4-1-2-6-11(9)15(17)18/h1-2,4,6,10,13H,3,5,7-8H2,(H,14,16)/t10-/m1/s1. The maximum Gasteiger partial charge on any atom is 0.274 e. The van der Waals surface area contributed by atoms with Gasteiger partial charge in [0.05, 0.1) is 11.0 Å². The van der Waals surface area contributed by atoms with Crippen LogP contribution >= 0.6 is 0 Å². The molecule has 0 bridgehead atoms. The SMILES string of the molecule is O=C(NCc1ccccc1[N+](=O)[O-])[C@H]1CCCN1. The van der Waals surface area contributed by atoms with Gasteiger partial charge in [-0.05, 0) is 19.4 Å².